The second-order valence-corrected chi connectivity index (χ2v) is 12.1. The van der Waals surface area contributed by atoms with Crippen molar-refractivity contribution in [3.8, 4) is 0 Å². The van der Waals surface area contributed by atoms with Crippen molar-refractivity contribution in [2.45, 2.75) is 58.1 Å². The molecular formula is C22H34N4O5S. The molecule has 1 aromatic carbocycles. The number of aromatic nitrogens is 2. The lowest BCUT2D eigenvalue weighted by atomic mass is 9.94. The summed E-state index contributed by atoms with van der Waals surface area (Å²) in [7, 11) is -2.47. The minimum Gasteiger partial charge on any atom is -0.386 e. The molecule has 178 valence electrons. The summed E-state index contributed by atoms with van der Waals surface area (Å²) in [6, 6.07) is 5.54. The van der Waals surface area contributed by atoms with Gasteiger partial charge in [0, 0.05) is 32.2 Å². The molecular weight excluding hydrogens is 432 g/mol. The van der Waals surface area contributed by atoms with Gasteiger partial charge in [-0.3, -0.25) is 9.14 Å². The van der Waals surface area contributed by atoms with E-state index in [1.165, 1.54) is 11.4 Å². The number of hydroxylamine groups is 1. The Morgan fingerprint density at radius 1 is 1.28 bits per heavy atom. The SMILES string of the molecule is CN(c1ccc2c(c1)nc(C(C)(C)C)n2CC1CCOCC1)S(=O)(=O)N1C[C@@](C)(O)CO1. The van der Waals surface area contributed by atoms with E-state index in [-0.39, 0.29) is 18.6 Å². The lowest BCUT2D eigenvalue weighted by molar-refractivity contribution is -0.0375. The first-order chi connectivity index (χ1) is 14.9. The Morgan fingerprint density at radius 2 is 1.97 bits per heavy atom. The highest BCUT2D eigenvalue weighted by Gasteiger charge is 2.41. The molecule has 0 amide bonds. The molecule has 32 heavy (non-hydrogen) atoms. The van der Waals surface area contributed by atoms with Gasteiger partial charge in [-0.1, -0.05) is 25.2 Å². The van der Waals surface area contributed by atoms with Crippen LogP contribution in [0.4, 0.5) is 5.69 Å². The third-order valence-corrected chi connectivity index (χ3v) is 7.79. The lowest BCUT2D eigenvalue weighted by Crippen LogP contribution is -2.42. The average Bonchev–Trinajstić information content (AvgIpc) is 3.28. The van der Waals surface area contributed by atoms with Crippen molar-refractivity contribution in [3.05, 3.63) is 24.0 Å². The van der Waals surface area contributed by atoms with Crippen LogP contribution in [0.15, 0.2) is 18.2 Å². The van der Waals surface area contributed by atoms with E-state index in [9.17, 15) is 13.5 Å². The maximum absolute atomic E-state index is 13.0. The van der Waals surface area contributed by atoms with Crippen LogP contribution in [0.3, 0.4) is 0 Å². The molecule has 2 saturated heterocycles. The van der Waals surface area contributed by atoms with Gasteiger partial charge in [0.15, 0.2) is 0 Å². The van der Waals surface area contributed by atoms with Gasteiger partial charge in [-0.2, -0.15) is 8.42 Å². The van der Waals surface area contributed by atoms with Crippen molar-refractivity contribution in [1.29, 1.82) is 0 Å². The summed E-state index contributed by atoms with van der Waals surface area (Å²) < 4.78 is 35.9. The molecule has 10 heteroatoms. The molecule has 1 N–H and O–H groups in total. The molecule has 2 aromatic rings. The highest BCUT2D eigenvalue weighted by molar-refractivity contribution is 7.90. The highest BCUT2D eigenvalue weighted by Crippen LogP contribution is 2.32. The van der Waals surface area contributed by atoms with Crippen molar-refractivity contribution in [1.82, 2.24) is 14.0 Å². The summed E-state index contributed by atoms with van der Waals surface area (Å²) in [6.07, 6.45) is 2.06. The highest BCUT2D eigenvalue weighted by atomic mass is 32.2. The summed E-state index contributed by atoms with van der Waals surface area (Å²) in [6.45, 7) is 10.3. The van der Waals surface area contributed by atoms with E-state index >= 15 is 0 Å². The Morgan fingerprint density at radius 3 is 2.56 bits per heavy atom. The standard InChI is InChI=1S/C22H34N4O5S/c1-21(2,3)20-23-18-12-17(24(5)32(28,29)26-14-22(4,27)15-31-26)6-7-19(18)25(20)13-16-8-10-30-11-9-16/h6-7,12,16,27H,8-11,13-15H2,1-5H3/t22-/m1/s1. The normalized spacial score (nSPS) is 23.8. The van der Waals surface area contributed by atoms with Gasteiger partial charge in [0.25, 0.3) is 0 Å². The average molecular weight is 467 g/mol. The Kier molecular flexibility index (Phi) is 6.04. The van der Waals surface area contributed by atoms with Crippen molar-refractivity contribution < 1.29 is 23.1 Å². The summed E-state index contributed by atoms with van der Waals surface area (Å²) in [5, 5.41) is 10.1. The van der Waals surface area contributed by atoms with Gasteiger partial charge in [0.1, 0.15) is 11.4 Å². The Balaban J connectivity index is 1.68. The Hall–Kier alpha value is -1.72. The molecule has 2 aliphatic rings. The van der Waals surface area contributed by atoms with Gasteiger partial charge in [-0.05, 0) is 43.9 Å². The zero-order valence-electron chi connectivity index (χ0n) is 19.5. The van der Waals surface area contributed by atoms with E-state index in [0.29, 0.717) is 11.6 Å². The van der Waals surface area contributed by atoms with Gasteiger partial charge < -0.3 is 14.4 Å². The molecule has 0 saturated carbocycles. The number of nitrogens with zero attached hydrogens (tertiary/aromatic N) is 4. The number of benzene rings is 1. The predicted octanol–water partition coefficient (Wildman–Crippen LogP) is 2.44. The first-order valence-electron chi connectivity index (χ1n) is 11.1. The van der Waals surface area contributed by atoms with Gasteiger partial charge in [-0.25, -0.2) is 4.98 Å². The van der Waals surface area contributed by atoms with E-state index in [4.69, 9.17) is 14.6 Å². The van der Waals surface area contributed by atoms with Crippen LogP contribution >= 0.6 is 0 Å². The molecule has 0 spiro atoms. The summed E-state index contributed by atoms with van der Waals surface area (Å²) in [5.41, 5.74) is 0.885. The molecule has 0 unspecified atom stereocenters. The molecule has 4 rings (SSSR count). The topological polar surface area (TPSA) is 97.1 Å². The number of hydrogen-bond acceptors (Lipinski definition) is 6. The fourth-order valence-electron chi connectivity index (χ4n) is 4.26. The van der Waals surface area contributed by atoms with E-state index in [0.717, 1.165) is 53.9 Å². The summed E-state index contributed by atoms with van der Waals surface area (Å²) in [4.78, 5) is 10.2. The first kappa shape index (κ1) is 23.4. The van der Waals surface area contributed by atoms with E-state index in [2.05, 4.69) is 25.3 Å². The minimum atomic E-state index is -3.95. The fourth-order valence-corrected chi connectivity index (χ4v) is 5.54. The predicted molar refractivity (Wildman–Crippen MR) is 123 cm³/mol. The maximum atomic E-state index is 13.0. The molecule has 2 fully saturated rings. The lowest BCUT2D eigenvalue weighted by Gasteiger charge is -2.26. The van der Waals surface area contributed by atoms with Crippen molar-refractivity contribution in [2.75, 3.05) is 37.7 Å². The zero-order valence-corrected chi connectivity index (χ0v) is 20.4. The van der Waals surface area contributed by atoms with Crippen molar-refractivity contribution in [2.24, 2.45) is 5.92 Å². The number of imidazole rings is 1. The van der Waals surface area contributed by atoms with Crippen LogP contribution in [-0.4, -0.2) is 66.6 Å². The van der Waals surface area contributed by atoms with E-state index in [1.807, 2.05) is 6.07 Å². The quantitative estimate of drug-likeness (QED) is 0.727. The van der Waals surface area contributed by atoms with Crippen molar-refractivity contribution >= 4 is 26.9 Å². The van der Waals surface area contributed by atoms with Crippen LogP contribution in [0.25, 0.3) is 11.0 Å². The van der Waals surface area contributed by atoms with Gasteiger partial charge in [0.05, 0.1) is 29.9 Å². The second kappa shape index (κ2) is 8.25. The fraction of sp³-hybridized carbons (Fsp3) is 0.682. The third kappa shape index (κ3) is 4.51. The van der Waals surface area contributed by atoms with Crippen LogP contribution in [-0.2, 0) is 31.7 Å². The summed E-state index contributed by atoms with van der Waals surface area (Å²) >= 11 is 0. The van der Waals surface area contributed by atoms with Crippen molar-refractivity contribution in [3.63, 3.8) is 0 Å². The van der Waals surface area contributed by atoms with Crippen LogP contribution in [0.5, 0.6) is 0 Å². The molecule has 0 radical (unpaired) electrons. The van der Waals surface area contributed by atoms with E-state index in [1.54, 1.807) is 19.1 Å². The number of fused-ring (bicyclic) bond motifs is 1. The van der Waals surface area contributed by atoms with Crippen LogP contribution in [0.1, 0.15) is 46.4 Å². The van der Waals surface area contributed by atoms with E-state index < -0.39 is 15.8 Å². The number of aliphatic hydroxyl groups is 1. The largest absolute Gasteiger partial charge is 0.386 e. The smallest absolute Gasteiger partial charge is 0.326 e. The number of β-amino-alcohol motifs (C(OH)–C–C–N with tert-alkyl or cyclic N) is 1. The molecule has 9 nitrogen and oxygen atoms in total. The molecule has 3 heterocycles. The minimum absolute atomic E-state index is 0.0648. The van der Waals surface area contributed by atoms with Crippen LogP contribution < -0.4 is 4.31 Å². The molecule has 2 aliphatic heterocycles. The number of rotatable bonds is 5. The Bertz CT molecular complexity index is 1080. The molecule has 0 bridgehead atoms. The molecule has 1 atom stereocenters. The number of ether oxygens (including phenoxy) is 1. The van der Waals surface area contributed by atoms with Crippen LogP contribution in [0.2, 0.25) is 0 Å². The first-order valence-corrected chi connectivity index (χ1v) is 12.5. The van der Waals surface area contributed by atoms with Gasteiger partial charge in [-0.15, -0.1) is 0 Å². The third-order valence-electron chi connectivity index (χ3n) is 6.14. The Labute approximate surface area is 190 Å². The van der Waals surface area contributed by atoms with Crippen LogP contribution in [0, 0.1) is 5.92 Å². The maximum Gasteiger partial charge on any atom is 0.326 e. The zero-order chi connectivity index (χ0) is 23.3. The number of anilines is 1. The second-order valence-electron chi connectivity index (χ2n) is 10.2. The summed E-state index contributed by atoms with van der Waals surface area (Å²) in [5.74, 6) is 1.52. The molecule has 1 aromatic heterocycles. The molecule has 0 aliphatic carbocycles. The van der Waals surface area contributed by atoms with Gasteiger partial charge >= 0.3 is 10.2 Å². The number of hydrogen-bond donors (Lipinski definition) is 1. The monoisotopic (exact) mass is 466 g/mol. The van der Waals surface area contributed by atoms with Gasteiger partial charge in [0.2, 0.25) is 0 Å².